The lowest BCUT2D eigenvalue weighted by Gasteiger charge is -2.34. The Morgan fingerprint density at radius 1 is 1.36 bits per heavy atom. The molecule has 0 spiro atoms. The third-order valence-corrected chi connectivity index (χ3v) is 3.46. The lowest BCUT2D eigenvalue weighted by Crippen LogP contribution is -2.44. The molecule has 1 aliphatic heterocycles. The molecule has 0 N–H and O–H groups in total. The van der Waals surface area contributed by atoms with Crippen molar-refractivity contribution >= 4 is 12.1 Å². The molecule has 1 fully saturated rings. The van der Waals surface area contributed by atoms with Gasteiger partial charge in [-0.15, -0.1) is 0 Å². The van der Waals surface area contributed by atoms with Crippen LogP contribution in [-0.2, 0) is 9.47 Å². The number of amides is 1. The van der Waals surface area contributed by atoms with Crippen molar-refractivity contribution in [3.05, 3.63) is 18.0 Å². The number of carbonyl (C=O) groups excluding carboxylic acids is 2. The highest BCUT2D eigenvalue weighted by atomic mass is 16.6. The summed E-state index contributed by atoms with van der Waals surface area (Å²) >= 11 is 0. The first-order valence-electron chi connectivity index (χ1n) is 7.41. The van der Waals surface area contributed by atoms with E-state index in [9.17, 15) is 9.59 Å². The standard InChI is InChI=1S/C15H23N3O4/c1-15(2,3)22-14(20)17-9-5-6-11(10-17)18-12(7-8-16-18)13(19)21-4/h7-8,11H,5-6,9-10H2,1-4H3. The van der Waals surface area contributed by atoms with Crippen molar-refractivity contribution in [1.82, 2.24) is 14.7 Å². The SMILES string of the molecule is COC(=O)c1ccnn1C1CCCN(C(=O)OC(C)(C)C)C1. The van der Waals surface area contributed by atoms with Crippen LogP contribution < -0.4 is 0 Å². The lowest BCUT2D eigenvalue weighted by molar-refractivity contribution is 0.0165. The van der Waals surface area contributed by atoms with E-state index >= 15 is 0 Å². The van der Waals surface area contributed by atoms with Crippen LogP contribution in [0.5, 0.6) is 0 Å². The van der Waals surface area contributed by atoms with E-state index in [2.05, 4.69) is 5.10 Å². The van der Waals surface area contributed by atoms with Gasteiger partial charge in [0.2, 0.25) is 0 Å². The first-order chi connectivity index (χ1) is 10.3. The second kappa shape index (κ2) is 6.37. The van der Waals surface area contributed by atoms with Gasteiger partial charge in [-0.25, -0.2) is 9.59 Å². The van der Waals surface area contributed by atoms with Crippen LogP contribution in [0.2, 0.25) is 0 Å². The average molecular weight is 309 g/mol. The fourth-order valence-electron chi connectivity index (χ4n) is 2.52. The summed E-state index contributed by atoms with van der Waals surface area (Å²) < 4.78 is 11.8. The third-order valence-electron chi connectivity index (χ3n) is 3.46. The molecule has 1 amide bonds. The maximum Gasteiger partial charge on any atom is 0.410 e. The minimum Gasteiger partial charge on any atom is -0.464 e. The number of ether oxygens (including phenoxy) is 2. The Morgan fingerprint density at radius 3 is 2.73 bits per heavy atom. The van der Waals surface area contributed by atoms with Crippen LogP contribution in [-0.4, -0.2) is 52.5 Å². The van der Waals surface area contributed by atoms with Crippen LogP contribution in [0, 0.1) is 0 Å². The number of hydrogen-bond donors (Lipinski definition) is 0. The number of likely N-dealkylation sites (tertiary alicyclic amines) is 1. The number of rotatable bonds is 2. The van der Waals surface area contributed by atoms with Gasteiger partial charge in [0, 0.05) is 19.3 Å². The Balaban J connectivity index is 2.10. The van der Waals surface area contributed by atoms with Gasteiger partial charge < -0.3 is 14.4 Å². The van der Waals surface area contributed by atoms with E-state index < -0.39 is 11.6 Å². The van der Waals surface area contributed by atoms with Crippen LogP contribution in [0.4, 0.5) is 4.79 Å². The highest BCUT2D eigenvalue weighted by Crippen LogP contribution is 2.24. The van der Waals surface area contributed by atoms with Gasteiger partial charge in [0.1, 0.15) is 11.3 Å². The third kappa shape index (κ3) is 3.78. The molecule has 7 heteroatoms. The molecule has 2 heterocycles. The van der Waals surface area contributed by atoms with E-state index in [1.807, 2.05) is 20.8 Å². The molecule has 0 saturated carbocycles. The van der Waals surface area contributed by atoms with Crippen LogP contribution >= 0.6 is 0 Å². The van der Waals surface area contributed by atoms with Gasteiger partial charge >= 0.3 is 12.1 Å². The topological polar surface area (TPSA) is 73.7 Å². The highest BCUT2D eigenvalue weighted by Gasteiger charge is 2.30. The van der Waals surface area contributed by atoms with Crippen LogP contribution in [0.3, 0.4) is 0 Å². The van der Waals surface area contributed by atoms with Crippen molar-refractivity contribution in [1.29, 1.82) is 0 Å². The number of nitrogens with zero attached hydrogens (tertiary/aromatic N) is 3. The predicted octanol–water partition coefficient (Wildman–Crippen LogP) is 2.24. The van der Waals surface area contributed by atoms with Crippen molar-refractivity contribution in [2.45, 2.75) is 45.3 Å². The Morgan fingerprint density at radius 2 is 2.09 bits per heavy atom. The zero-order valence-corrected chi connectivity index (χ0v) is 13.5. The molecular formula is C15H23N3O4. The fourth-order valence-corrected chi connectivity index (χ4v) is 2.52. The summed E-state index contributed by atoms with van der Waals surface area (Å²) in [6.07, 6.45) is 2.93. The quantitative estimate of drug-likeness (QED) is 0.783. The van der Waals surface area contributed by atoms with E-state index in [0.717, 1.165) is 12.8 Å². The van der Waals surface area contributed by atoms with Crippen LogP contribution in [0.25, 0.3) is 0 Å². The van der Waals surface area contributed by atoms with Crippen molar-refractivity contribution < 1.29 is 19.1 Å². The smallest absolute Gasteiger partial charge is 0.410 e. The monoisotopic (exact) mass is 309 g/mol. The predicted molar refractivity (Wildman–Crippen MR) is 79.6 cm³/mol. The molecule has 1 aromatic heterocycles. The Kier molecular flexibility index (Phi) is 4.73. The van der Waals surface area contributed by atoms with Crippen molar-refractivity contribution in [3.63, 3.8) is 0 Å². The molecule has 1 atom stereocenters. The minimum absolute atomic E-state index is 0.0506. The van der Waals surface area contributed by atoms with E-state index in [4.69, 9.17) is 9.47 Å². The minimum atomic E-state index is -0.521. The number of piperidine rings is 1. The van der Waals surface area contributed by atoms with E-state index in [1.165, 1.54) is 7.11 Å². The summed E-state index contributed by atoms with van der Waals surface area (Å²) in [5.74, 6) is -0.424. The molecule has 122 valence electrons. The Bertz CT molecular complexity index is 547. The van der Waals surface area contributed by atoms with Gasteiger partial charge in [-0.2, -0.15) is 5.10 Å². The molecule has 1 unspecified atom stereocenters. The molecule has 7 nitrogen and oxygen atoms in total. The van der Waals surface area contributed by atoms with Gasteiger partial charge in [-0.1, -0.05) is 0 Å². The Labute approximate surface area is 130 Å². The average Bonchev–Trinajstić information content (AvgIpc) is 2.94. The molecule has 1 aromatic rings. The normalized spacial score (nSPS) is 18.9. The molecule has 2 rings (SSSR count). The number of hydrogen-bond acceptors (Lipinski definition) is 5. The fraction of sp³-hybridized carbons (Fsp3) is 0.667. The number of methoxy groups -OCH3 is 1. The highest BCUT2D eigenvalue weighted by molar-refractivity contribution is 5.87. The molecule has 0 aromatic carbocycles. The summed E-state index contributed by atoms with van der Waals surface area (Å²) in [5, 5.41) is 4.21. The second-order valence-electron chi connectivity index (χ2n) is 6.38. The van der Waals surface area contributed by atoms with E-state index in [0.29, 0.717) is 18.8 Å². The second-order valence-corrected chi connectivity index (χ2v) is 6.38. The van der Waals surface area contributed by atoms with E-state index in [1.54, 1.807) is 21.8 Å². The molecule has 1 aliphatic rings. The van der Waals surface area contributed by atoms with Crippen LogP contribution in [0.15, 0.2) is 12.3 Å². The maximum absolute atomic E-state index is 12.2. The molecule has 22 heavy (non-hydrogen) atoms. The maximum atomic E-state index is 12.2. The Hall–Kier alpha value is -2.05. The zero-order chi connectivity index (χ0) is 16.3. The summed E-state index contributed by atoms with van der Waals surface area (Å²) in [4.78, 5) is 25.6. The molecule has 0 bridgehead atoms. The van der Waals surface area contributed by atoms with Crippen molar-refractivity contribution in [2.75, 3.05) is 20.2 Å². The van der Waals surface area contributed by atoms with Gasteiger partial charge in [0.15, 0.2) is 0 Å². The first-order valence-corrected chi connectivity index (χ1v) is 7.41. The lowest BCUT2D eigenvalue weighted by atomic mass is 10.1. The molecule has 0 aliphatic carbocycles. The molecular weight excluding hydrogens is 286 g/mol. The largest absolute Gasteiger partial charge is 0.464 e. The van der Waals surface area contributed by atoms with Gasteiger partial charge in [-0.3, -0.25) is 4.68 Å². The van der Waals surface area contributed by atoms with Gasteiger partial charge in [0.25, 0.3) is 0 Å². The zero-order valence-electron chi connectivity index (χ0n) is 13.5. The van der Waals surface area contributed by atoms with Gasteiger partial charge in [0.05, 0.1) is 13.2 Å². The summed E-state index contributed by atoms with van der Waals surface area (Å²) in [6, 6.07) is 1.57. The van der Waals surface area contributed by atoms with Crippen LogP contribution in [0.1, 0.15) is 50.1 Å². The summed E-state index contributed by atoms with van der Waals surface area (Å²) in [6.45, 7) is 6.65. The number of aromatic nitrogens is 2. The number of esters is 1. The van der Waals surface area contributed by atoms with E-state index in [-0.39, 0.29) is 12.1 Å². The summed E-state index contributed by atoms with van der Waals surface area (Å²) in [5.41, 5.74) is -0.120. The number of carbonyl (C=O) groups is 2. The van der Waals surface area contributed by atoms with Gasteiger partial charge in [-0.05, 0) is 39.7 Å². The molecule has 1 saturated heterocycles. The first kappa shape index (κ1) is 16.3. The van der Waals surface area contributed by atoms with Crippen molar-refractivity contribution in [2.24, 2.45) is 0 Å². The van der Waals surface area contributed by atoms with Crippen molar-refractivity contribution in [3.8, 4) is 0 Å². The molecule has 0 radical (unpaired) electrons. The summed E-state index contributed by atoms with van der Waals surface area (Å²) in [7, 11) is 1.34.